The number of nitrogens with one attached hydrogen (secondary N) is 1. The van der Waals surface area contributed by atoms with Crippen LogP contribution in [0.25, 0.3) is 11.3 Å². The maximum Gasteiger partial charge on any atom is 0.338 e. The van der Waals surface area contributed by atoms with Crippen molar-refractivity contribution in [1.29, 1.82) is 0 Å². The van der Waals surface area contributed by atoms with E-state index in [1.165, 1.54) is 0 Å². The van der Waals surface area contributed by atoms with Crippen LogP contribution in [-0.4, -0.2) is 16.6 Å². The van der Waals surface area contributed by atoms with Crippen LogP contribution in [-0.2, 0) is 11.3 Å². The van der Waals surface area contributed by atoms with E-state index >= 15 is 0 Å². The summed E-state index contributed by atoms with van der Waals surface area (Å²) in [7, 11) is 0. The minimum atomic E-state index is -0.533. The van der Waals surface area contributed by atoms with Crippen molar-refractivity contribution in [2.75, 3.05) is 5.32 Å². The number of rotatable bonds is 5. The fourth-order valence-electron chi connectivity index (χ4n) is 3.01. The Morgan fingerprint density at radius 1 is 1.10 bits per heavy atom. The molecular formula is C24H25ClN2O2. The van der Waals surface area contributed by atoms with E-state index in [0.29, 0.717) is 17.1 Å². The van der Waals surface area contributed by atoms with E-state index in [1.807, 2.05) is 76.2 Å². The van der Waals surface area contributed by atoms with E-state index < -0.39 is 5.60 Å². The number of hydrogen-bond acceptors (Lipinski definition) is 4. The number of ether oxygens (including phenoxy) is 1. The van der Waals surface area contributed by atoms with Gasteiger partial charge < -0.3 is 10.1 Å². The van der Waals surface area contributed by atoms with Crippen LogP contribution in [0.5, 0.6) is 0 Å². The van der Waals surface area contributed by atoms with Crippen LogP contribution >= 0.6 is 11.6 Å². The molecule has 1 aromatic heterocycles. The van der Waals surface area contributed by atoms with Crippen molar-refractivity contribution in [2.24, 2.45) is 0 Å². The van der Waals surface area contributed by atoms with Crippen LogP contribution in [0.4, 0.5) is 5.69 Å². The predicted octanol–water partition coefficient (Wildman–Crippen LogP) is 6.28. The lowest BCUT2D eigenvalue weighted by Gasteiger charge is -2.20. The van der Waals surface area contributed by atoms with Crippen molar-refractivity contribution >= 4 is 23.3 Å². The molecule has 0 aliphatic rings. The molecule has 5 heteroatoms. The first-order valence-electron chi connectivity index (χ1n) is 9.51. The van der Waals surface area contributed by atoms with E-state index in [0.717, 1.165) is 28.1 Å². The molecule has 0 bridgehead atoms. The van der Waals surface area contributed by atoms with Gasteiger partial charge in [-0.25, -0.2) is 4.79 Å². The first-order chi connectivity index (χ1) is 13.7. The monoisotopic (exact) mass is 408 g/mol. The Balaban J connectivity index is 1.76. The summed E-state index contributed by atoms with van der Waals surface area (Å²) in [6, 6.07) is 17.2. The molecule has 2 aromatic carbocycles. The number of benzene rings is 2. The first kappa shape index (κ1) is 20.9. The SMILES string of the molecule is Cc1cc(NCc2ccccc2C(=O)OC(C)(C)C)cnc1-c1cccc(Cl)c1. The van der Waals surface area contributed by atoms with E-state index in [1.54, 1.807) is 12.3 Å². The van der Waals surface area contributed by atoms with Gasteiger partial charge in [0, 0.05) is 17.1 Å². The lowest BCUT2D eigenvalue weighted by Crippen LogP contribution is -2.24. The highest BCUT2D eigenvalue weighted by molar-refractivity contribution is 6.30. The van der Waals surface area contributed by atoms with Gasteiger partial charge in [0.05, 0.1) is 23.1 Å². The van der Waals surface area contributed by atoms with Crippen LogP contribution in [0.2, 0.25) is 5.02 Å². The number of aryl methyl sites for hydroxylation is 1. The molecular weight excluding hydrogens is 384 g/mol. The molecule has 0 aliphatic heterocycles. The summed E-state index contributed by atoms with van der Waals surface area (Å²) in [5.41, 5.74) is 4.71. The van der Waals surface area contributed by atoms with Crippen molar-refractivity contribution in [3.05, 3.63) is 82.5 Å². The third-order valence-corrected chi connectivity index (χ3v) is 4.53. The lowest BCUT2D eigenvalue weighted by atomic mass is 10.1. The molecule has 0 amide bonds. The number of anilines is 1. The molecule has 0 atom stereocenters. The Kier molecular flexibility index (Phi) is 6.23. The van der Waals surface area contributed by atoms with Crippen molar-refractivity contribution < 1.29 is 9.53 Å². The molecule has 29 heavy (non-hydrogen) atoms. The maximum absolute atomic E-state index is 12.5. The first-order valence-corrected chi connectivity index (χ1v) is 9.88. The predicted molar refractivity (Wildman–Crippen MR) is 118 cm³/mol. The van der Waals surface area contributed by atoms with Gasteiger partial charge in [0.25, 0.3) is 0 Å². The van der Waals surface area contributed by atoms with Gasteiger partial charge in [-0.05, 0) is 63.1 Å². The summed E-state index contributed by atoms with van der Waals surface area (Å²) in [5, 5.41) is 4.04. The molecule has 0 spiro atoms. The van der Waals surface area contributed by atoms with Crippen LogP contribution in [0, 0.1) is 6.92 Å². The summed E-state index contributed by atoms with van der Waals surface area (Å²) in [5.74, 6) is -0.319. The smallest absolute Gasteiger partial charge is 0.338 e. The third kappa shape index (κ3) is 5.58. The number of esters is 1. The molecule has 1 N–H and O–H groups in total. The van der Waals surface area contributed by atoms with Crippen molar-refractivity contribution in [3.63, 3.8) is 0 Å². The van der Waals surface area contributed by atoms with Gasteiger partial charge in [0.2, 0.25) is 0 Å². The number of halogens is 1. The number of carbonyl (C=O) groups excluding carboxylic acids is 1. The Bertz CT molecular complexity index is 1030. The summed E-state index contributed by atoms with van der Waals surface area (Å²) < 4.78 is 5.52. The minimum Gasteiger partial charge on any atom is -0.456 e. The van der Waals surface area contributed by atoms with Gasteiger partial charge in [-0.3, -0.25) is 4.98 Å². The Morgan fingerprint density at radius 2 is 1.86 bits per heavy atom. The molecule has 0 radical (unpaired) electrons. The standard InChI is InChI=1S/C24H25ClN2O2/c1-16-12-20(15-27-22(16)17-9-7-10-19(25)13-17)26-14-18-8-5-6-11-21(18)23(28)29-24(2,3)4/h5-13,15,26H,14H2,1-4H3. The second-order valence-corrected chi connectivity index (χ2v) is 8.35. The normalized spacial score (nSPS) is 11.2. The second-order valence-electron chi connectivity index (χ2n) is 7.91. The molecule has 0 saturated carbocycles. The Morgan fingerprint density at radius 3 is 2.55 bits per heavy atom. The number of hydrogen-bond donors (Lipinski definition) is 1. The summed E-state index contributed by atoms with van der Waals surface area (Å²) in [4.78, 5) is 17.1. The second kappa shape index (κ2) is 8.66. The van der Waals surface area contributed by atoms with E-state index in [9.17, 15) is 4.79 Å². The van der Waals surface area contributed by atoms with Crippen LogP contribution in [0.15, 0.2) is 60.8 Å². The topological polar surface area (TPSA) is 51.2 Å². The molecule has 1 heterocycles. The minimum absolute atomic E-state index is 0.319. The zero-order chi connectivity index (χ0) is 21.0. The van der Waals surface area contributed by atoms with Crippen molar-refractivity contribution in [3.8, 4) is 11.3 Å². The van der Waals surface area contributed by atoms with Gasteiger partial charge in [-0.2, -0.15) is 0 Å². The molecule has 0 aliphatic carbocycles. The highest BCUT2D eigenvalue weighted by atomic mass is 35.5. The van der Waals surface area contributed by atoms with Gasteiger partial charge in [0.15, 0.2) is 0 Å². The number of aromatic nitrogens is 1. The van der Waals surface area contributed by atoms with Gasteiger partial charge in [-0.15, -0.1) is 0 Å². The van der Waals surface area contributed by atoms with Crippen molar-refractivity contribution in [2.45, 2.75) is 39.8 Å². The van der Waals surface area contributed by atoms with Crippen molar-refractivity contribution in [1.82, 2.24) is 4.98 Å². The van der Waals surface area contributed by atoms with Gasteiger partial charge >= 0.3 is 5.97 Å². The summed E-state index contributed by atoms with van der Waals surface area (Å²) in [6.45, 7) is 8.10. The highest BCUT2D eigenvalue weighted by Gasteiger charge is 2.20. The van der Waals surface area contributed by atoms with Gasteiger partial charge in [0.1, 0.15) is 5.60 Å². The fourth-order valence-corrected chi connectivity index (χ4v) is 3.20. The van der Waals surface area contributed by atoms with Gasteiger partial charge in [-0.1, -0.05) is 41.9 Å². The fraction of sp³-hybridized carbons (Fsp3) is 0.250. The Hall–Kier alpha value is -2.85. The van der Waals surface area contributed by atoms with E-state index in [2.05, 4.69) is 10.3 Å². The van der Waals surface area contributed by atoms with E-state index in [-0.39, 0.29) is 5.97 Å². The Labute approximate surface area is 176 Å². The largest absolute Gasteiger partial charge is 0.456 e. The summed E-state index contributed by atoms with van der Waals surface area (Å²) >= 11 is 6.10. The molecule has 3 aromatic rings. The molecule has 3 rings (SSSR count). The number of pyridine rings is 1. The van der Waals surface area contributed by atoms with Crippen LogP contribution in [0.3, 0.4) is 0 Å². The lowest BCUT2D eigenvalue weighted by molar-refractivity contribution is 0.00684. The number of carbonyl (C=O) groups is 1. The van der Waals surface area contributed by atoms with Crippen LogP contribution in [0.1, 0.15) is 42.3 Å². The van der Waals surface area contributed by atoms with E-state index in [4.69, 9.17) is 16.3 Å². The highest BCUT2D eigenvalue weighted by Crippen LogP contribution is 2.26. The maximum atomic E-state index is 12.5. The molecule has 150 valence electrons. The zero-order valence-electron chi connectivity index (χ0n) is 17.1. The molecule has 0 fully saturated rings. The third-order valence-electron chi connectivity index (χ3n) is 4.30. The van der Waals surface area contributed by atoms with Crippen LogP contribution < -0.4 is 5.32 Å². The average Bonchev–Trinajstić information content (AvgIpc) is 2.65. The zero-order valence-corrected chi connectivity index (χ0v) is 17.9. The molecule has 4 nitrogen and oxygen atoms in total. The molecule has 0 saturated heterocycles. The summed E-state index contributed by atoms with van der Waals surface area (Å²) in [6.07, 6.45) is 1.79. The number of nitrogens with zero attached hydrogens (tertiary/aromatic N) is 1. The molecule has 0 unspecified atom stereocenters. The quantitative estimate of drug-likeness (QED) is 0.505. The average molecular weight is 409 g/mol.